The fourth-order valence-electron chi connectivity index (χ4n) is 2.16. The number of rotatable bonds is 2. The number of nitrogens with one attached hydrogen (secondary N) is 1. The first-order valence-corrected chi connectivity index (χ1v) is 5.61. The molecule has 1 N–H and O–H groups in total. The van der Waals surface area contributed by atoms with Gasteiger partial charge in [0, 0.05) is 25.0 Å². The van der Waals surface area contributed by atoms with Gasteiger partial charge in [-0.25, -0.2) is 0 Å². The van der Waals surface area contributed by atoms with Crippen molar-refractivity contribution in [2.45, 2.75) is 38.6 Å². The van der Waals surface area contributed by atoms with Crippen molar-refractivity contribution in [3.63, 3.8) is 0 Å². The van der Waals surface area contributed by atoms with E-state index in [4.69, 9.17) is 0 Å². The zero-order valence-corrected chi connectivity index (χ0v) is 9.18. The molecule has 2 rings (SSSR count). The van der Waals surface area contributed by atoms with Crippen molar-refractivity contribution >= 4 is 5.91 Å². The van der Waals surface area contributed by atoms with Gasteiger partial charge >= 0.3 is 0 Å². The minimum Gasteiger partial charge on any atom is -0.341 e. The lowest BCUT2D eigenvalue weighted by atomic mass is 10.0. The Morgan fingerprint density at radius 3 is 2.71 bits per heavy atom. The SMILES string of the molecule is CN(C(=O)C1(C)CC1)C1CCCNC1. The number of amides is 1. The number of likely N-dealkylation sites (N-methyl/N-ethyl adjacent to an activating group) is 1. The van der Waals surface area contributed by atoms with Crippen molar-refractivity contribution in [2.75, 3.05) is 20.1 Å². The molecule has 0 aromatic rings. The summed E-state index contributed by atoms with van der Waals surface area (Å²) < 4.78 is 0. The second kappa shape index (κ2) is 3.54. The van der Waals surface area contributed by atoms with Crippen molar-refractivity contribution in [3.05, 3.63) is 0 Å². The Labute approximate surface area is 85.8 Å². The zero-order chi connectivity index (χ0) is 10.2. The molecule has 1 aliphatic carbocycles. The van der Waals surface area contributed by atoms with Crippen LogP contribution in [0.3, 0.4) is 0 Å². The number of nitrogens with zero attached hydrogens (tertiary/aromatic N) is 1. The molecule has 1 amide bonds. The summed E-state index contributed by atoms with van der Waals surface area (Å²) in [5.74, 6) is 0.353. The molecule has 80 valence electrons. The summed E-state index contributed by atoms with van der Waals surface area (Å²) in [6.07, 6.45) is 4.51. The van der Waals surface area contributed by atoms with Gasteiger partial charge < -0.3 is 10.2 Å². The van der Waals surface area contributed by atoms with Gasteiger partial charge in [0.1, 0.15) is 0 Å². The minimum atomic E-state index is -0.00774. The minimum absolute atomic E-state index is 0.00774. The van der Waals surface area contributed by atoms with Gasteiger partial charge in [-0.1, -0.05) is 6.92 Å². The van der Waals surface area contributed by atoms with Crippen LogP contribution in [0.1, 0.15) is 32.6 Å². The van der Waals surface area contributed by atoms with Crippen molar-refractivity contribution in [1.82, 2.24) is 10.2 Å². The first-order chi connectivity index (χ1) is 6.63. The summed E-state index contributed by atoms with van der Waals surface area (Å²) in [7, 11) is 1.96. The van der Waals surface area contributed by atoms with E-state index >= 15 is 0 Å². The molecular weight excluding hydrogens is 176 g/mol. The van der Waals surface area contributed by atoms with Crippen molar-refractivity contribution in [3.8, 4) is 0 Å². The maximum atomic E-state index is 12.0. The molecule has 1 heterocycles. The van der Waals surface area contributed by atoms with Crippen molar-refractivity contribution in [2.24, 2.45) is 5.41 Å². The number of hydrogen-bond donors (Lipinski definition) is 1. The first kappa shape index (κ1) is 9.97. The number of carbonyl (C=O) groups is 1. The molecule has 0 aromatic carbocycles. The van der Waals surface area contributed by atoms with E-state index in [1.54, 1.807) is 0 Å². The Balaban J connectivity index is 1.92. The fraction of sp³-hybridized carbons (Fsp3) is 0.909. The maximum Gasteiger partial charge on any atom is 0.228 e. The van der Waals surface area contributed by atoms with Gasteiger partial charge in [0.15, 0.2) is 0 Å². The summed E-state index contributed by atoms with van der Waals surface area (Å²) in [5.41, 5.74) is -0.00774. The molecular formula is C11H20N2O. The van der Waals surface area contributed by atoms with Crippen LogP contribution in [0.5, 0.6) is 0 Å². The van der Waals surface area contributed by atoms with Crippen LogP contribution in [-0.2, 0) is 4.79 Å². The number of hydrogen-bond acceptors (Lipinski definition) is 2. The number of carbonyl (C=O) groups excluding carboxylic acids is 1. The summed E-state index contributed by atoms with van der Waals surface area (Å²) >= 11 is 0. The van der Waals surface area contributed by atoms with Crippen LogP contribution in [0.2, 0.25) is 0 Å². The highest BCUT2D eigenvalue weighted by Crippen LogP contribution is 2.46. The van der Waals surface area contributed by atoms with E-state index in [1.807, 2.05) is 11.9 Å². The smallest absolute Gasteiger partial charge is 0.228 e. The van der Waals surface area contributed by atoms with Gasteiger partial charge in [0.2, 0.25) is 5.91 Å². The molecule has 3 nitrogen and oxygen atoms in total. The molecule has 1 aliphatic heterocycles. The first-order valence-electron chi connectivity index (χ1n) is 5.61. The molecule has 2 aliphatic rings. The van der Waals surface area contributed by atoms with Crippen LogP contribution in [0, 0.1) is 5.41 Å². The second-order valence-corrected chi connectivity index (χ2v) is 4.98. The average Bonchev–Trinajstić information content (AvgIpc) is 2.97. The predicted molar refractivity (Wildman–Crippen MR) is 56.0 cm³/mol. The summed E-state index contributed by atoms with van der Waals surface area (Å²) in [5, 5.41) is 3.35. The summed E-state index contributed by atoms with van der Waals surface area (Å²) in [6.45, 7) is 4.16. The fourth-order valence-corrected chi connectivity index (χ4v) is 2.16. The summed E-state index contributed by atoms with van der Waals surface area (Å²) in [4.78, 5) is 14.0. The monoisotopic (exact) mass is 196 g/mol. The molecule has 2 fully saturated rings. The molecule has 1 saturated heterocycles. The Kier molecular flexibility index (Phi) is 2.52. The molecule has 14 heavy (non-hydrogen) atoms. The Morgan fingerprint density at radius 1 is 1.50 bits per heavy atom. The lowest BCUT2D eigenvalue weighted by molar-refractivity contribution is -0.137. The van der Waals surface area contributed by atoms with Gasteiger partial charge in [-0.2, -0.15) is 0 Å². The quantitative estimate of drug-likeness (QED) is 0.714. The molecule has 0 aromatic heterocycles. The van der Waals surface area contributed by atoms with Crippen LogP contribution >= 0.6 is 0 Å². The van der Waals surface area contributed by atoms with E-state index in [9.17, 15) is 4.79 Å². The van der Waals surface area contributed by atoms with Crippen molar-refractivity contribution in [1.29, 1.82) is 0 Å². The van der Waals surface area contributed by atoms with E-state index in [1.165, 1.54) is 6.42 Å². The Bertz CT molecular complexity index is 229. The van der Waals surface area contributed by atoms with Crippen LogP contribution in [0.4, 0.5) is 0 Å². The van der Waals surface area contributed by atoms with Crippen LogP contribution < -0.4 is 5.32 Å². The summed E-state index contributed by atoms with van der Waals surface area (Å²) in [6, 6.07) is 0.425. The highest BCUT2D eigenvalue weighted by Gasteiger charge is 2.47. The van der Waals surface area contributed by atoms with E-state index in [-0.39, 0.29) is 5.41 Å². The Hall–Kier alpha value is -0.570. The Morgan fingerprint density at radius 2 is 2.21 bits per heavy atom. The van der Waals surface area contributed by atoms with Crippen LogP contribution in [-0.4, -0.2) is 37.0 Å². The predicted octanol–water partition coefficient (Wildman–Crippen LogP) is 0.997. The lowest BCUT2D eigenvalue weighted by Crippen LogP contribution is -2.48. The topological polar surface area (TPSA) is 32.3 Å². The third-order valence-electron chi connectivity index (χ3n) is 3.66. The van der Waals surface area contributed by atoms with E-state index < -0.39 is 0 Å². The molecule has 1 saturated carbocycles. The van der Waals surface area contributed by atoms with Crippen LogP contribution in [0.15, 0.2) is 0 Å². The van der Waals surface area contributed by atoms with Gasteiger partial charge in [0.05, 0.1) is 0 Å². The lowest BCUT2D eigenvalue weighted by Gasteiger charge is -2.33. The van der Waals surface area contributed by atoms with Gasteiger partial charge in [0.25, 0.3) is 0 Å². The largest absolute Gasteiger partial charge is 0.341 e. The van der Waals surface area contributed by atoms with Gasteiger partial charge in [-0.15, -0.1) is 0 Å². The standard InChI is InChI=1S/C11H20N2O/c1-11(5-6-11)10(14)13(2)9-4-3-7-12-8-9/h9,12H,3-8H2,1-2H3. The highest BCUT2D eigenvalue weighted by atomic mass is 16.2. The van der Waals surface area contributed by atoms with E-state index in [2.05, 4.69) is 12.2 Å². The van der Waals surface area contributed by atoms with E-state index in [0.29, 0.717) is 11.9 Å². The van der Waals surface area contributed by atoms with E-state index in [0.717, 1.165) is 32.4 Å². The van der Waals surface area contributed by atoms with Crippen LogP contribution in [0.25, 0.3) is 0 Å². The second-order valence-electron chi connectivity index (χ2n) is 4.98. The van der Waals surface area contributed by atoms with Gasteiger partial charge in [-0.05, 0) is 32.2 Å². The maximum absolute atomic E-state index is 12.0. The molecule has 1 atom stereocenters. The molecule has 1 unspecified atom stereocenters. The van der Waals surface area contributed by atoms with Gasteiger partial charge in [-0.3, -0.25) is 4.79 Å². The third-order valence-corrected chi connectivity index (χ3v) is 3.66. The average molecular weight is 196 g/mol. The van der Waals surface area contributed by atoms with Crippen molar-refractivity contribution < 1.29 is 4.79 Å². The number of piperidine rings is 1. The zero-order valence-electron chi connectivity index (χ0n) is 9.18. The molecule has 0 radical (unpaired) electrons. The molecule has 0 spiro atoms. The normalized spacial score (nSPS) is 29.7. The third kappa shape index (κ3) is 1.78. The molecule has 3 heteroatoms. The molecule has 0 bridgehead atoms. The highest BCUT2D eigenvalue weighted by molar-refractivity contribution is 5.84.